The van der Waals surface area contributed by atoms with Crippen molar-refractivity contribution in [2.45, 2.75) is 84.1 Å². The first-order valence-electron chi connectivity index (χ1n) is 12.5. The number of fused-ring (bicyclic) bond motifs is 5. The maximum Gasteiger partial charge on any atom is 0.306 e. The number of alkyl halides is 2. The van der Waals surface area contributed by atoms with Crippen molar-refractivity contribution in [3.05, 3.63) is 23.8 Å². The Kier molecular flexibility index (Phi) is 7.66. The van der Waals surface area contributed by atoms with Gasteiger partial charge in [0.15, 0.2) is 22.8 Å². The van der Waals surface area contributed by atoms with Gasteiger partial charge >= 0.3 is 5.97 Å². The molecule has 0 radical (unpaired) electrons. The Morgan fingerprint density at radius 3 is 2.42 bits per heavy atom. The van der Waals surface area contributed by atoms with Crippen LogP contribution in [-0.4, -0.2) is 57.0 Å². The van der Waals surface area contributed by atoms with Gasteiger partial charge < -0.3 is 14.9 Å². The summed E-state index contributed by atoms with van der Waals surface area (Å²) in [6.07, 6.45) is 4.67. The molecular formula is C27H36ClFO7. The first kappa shape index (κ1) is 28.5. The van der Waals surface area contributed by atoms with E-state index >= 15 is 4.39 Å². The molecule has 3 fully saturated rings. The fourth-order valence-corrected chi connectivity index (χ4v) is 7.95. The number of ketones is 2. The zero-order valence-corrected chi connectivity index (χ0v) is 22.2. The van der Waals surface area contributed by atoms with Crippen LogP contribution >= 0.6 is 11.6 Å². The van der Waals surface area contributed by atoms with Gasteiger partial charge in [0.1, 0.15) is 0 Å². The highest BCUT2D eigenvalue weighted by molar-refractivity contribution is 6.29. The molecular weight excluding hydrogens is 491 g/mol. The van der Waals surface area contributed by atoms with Crippen LogP contribution in [0.4, 0.5) is 4.39 Å². The van der Waals surface area contributed by atoms with E-state index < -0.39 is 46.1 Å². The third-order valence-corrected chi connectivity index (χ3v) is 9.52. The zero-order valence-electron chi connectivity index (χ0n) is 21.5. The number of halogens is 2. The first-order chi connectivity index (χ1) is 16.6. The summed E-state index contributed by atoms with van der Waals surface area (Å²) in [5, 5.41) is 18.8. The molecule has 0 heterocycles. The predicted molar refractivity (Wildman–Crippen MR) is 131 cm³/mol. The average Bonchev–Trinajstić information content (AvgIpc) is 3.01. The molecule has 7 nitrogen and oxygen atoms in total. The summed E-state index contributed by atoms with van der Waals surface area (Å²) < 4.78 is 23.1. The van der Waals surface area contributed by atoms with Gasteiger partial charge in [-0.2, -0.15) is 0 Å². The zero-order chi connectivity index (χ0) is 27.3. The number of hydrogen-bond acceptors (Lipinski definition) is 6. The van der Waals surface area contributed by atoms with Crippen LogP contribution in [0.5, 0.6) is 0 Å². The van der Waals surface area contributed by atoms with E-state index in [0.29, 0.717) is 24.8 Å². The number of carboxylic acid groups (broad SMARTS) is 1. The lowest BCUT2D eigenvalue weighted by molar-refractivity contribution is -0.227. The molecule has 0 aromatic carbocycles. The minimum atomic E-state index is -1.99. The molecule has 0 aromatic rings. The van der Waals surface area contributed by atoms with Gasteiger partial charge in [0.25, 0.3) is 5.97 Å². The number of rotatable bonds is 4. The van der Waals surface area contributed by atoms with Crippen LogP contribution in [0, 0.1) is 28.6 Å². The number of ether oxygens (including phenoxy) is 1. The fraction of sp³-hybridized carbons (Fsp3) is 0.704. The number of aliphatic hydroxyl groups excluding tert-OH is 1. The van der Waals surface area contributed by atoms with Crippen molar-refractivity contribution < 1.29 is 38.5 Å². The van der Waals surface area contributed by atoms with Crippen molar-refractivity contribution in [2.24, 2.45) is 28.6 Å². The number of carbonyl (C=O) groups excluding carboxylic acids is 3. The summed E-state index contributed by atoms with van der Waals surface area (Å²) in [6, 6.07) is 0. The molecule has 0 aromatic heterocycles. The van der Waals surface area contributed by atoms with Gasteiger partial charge in [-0.3, -0.25) is 19.2 Å². The van der Waals surface area contributed by atoms with Crippen LogP contribution in [0.1, 0.15) is 66.7 Å². The summed E-state index contributed by atoms with van der Waals surface area (Å²) in [7, 11) is 0. The number of Topliss-reactive ketones (excluding diaryl/α,β-unsaturated/α-hetero) is 1. The van der Waals surface area contributed by atoms with Crippen LogP contribution in [0.25, 0.3) is 0 Å². The molecule has 0 spiro atoms. The van der Waals surface area contributed by atoms with E-state index in [1.807, 2.05) is 13.8 Å². The quantitative estimate of drug-likeness (QED) is 0.416. The van der Waals surface area contributed by atoms with Gasteiger partial charge in [-0.25, -0.2) is 4.39 Å². The van der Waals surface area contributed by atoms with E-state index in [2.05, 4.69) is 0 Å². The van der Waals surface area contributed by atoms with Gasteiger partial charge in [0.2, 0.25) is 0 Å². The second-order valence-electron chi connectivity index (χ2n) is 11.0. The summed E-state index contributed by atoms with van der Waals surface area (Å²) >= 11 is 6.01. The highest BCUT2D eigenvalue weighted by Gasteiger charge is 2.77. The summed E-state index contributed by atoms with van der Waals surface area (Å²) in [5.41, 5.74) is -4.83. The molecule has 0 saturated heterocycles. The second kappa shape index (κ2) is 9.67. The molecule has 2 N–H and O–H groups in total. The van der Waals surface area contributed by atoms with Gasteiger partial charge in [0.05, 0.1) is 12.0 Å². The van der Waals surface area contributed by atoms with Crippen LogP contribution in [0.3, 0.4) is 0 Å². The number of hydrogen-bond donors (Lipinski definition) is 2. The largest absolute Gasteiger partial charge is 0.481 e. The smallest absolute Gasteiger partial charge is 0.306 e. The van der Waals surface area contributed by atoms with Gasteiger partial charge in [-0.1, -0.05) is 32.4 Å². The molecule has 0 aliphatic heterocycles. The number of aliphatic hydroxyl groups is 1. The van der Waals surface area contributed by atoms with Gasteiger partial charge in [0, 0.05) is 36.0 Å². The van der Waals surface area contributed by atoms with Gasteiger partial charge in [-0.15, -0.1) is 11.6 Å². The van der Waals surface area contributed by atoms with Crippen molar-refractivity contribution in [1.29, 1.82) is 0 Å². The van der Waals surface area contributed by atoms with Crippen LogP contribution < -0.4 is 0 Å². The lowest BCUT2D eigenvalue weighted by Crippen LogP contribution is -2.70. The maximum atomic E-state index is 17.2. The monoisotopic (exact) mass is 526 g/mol. The third-order valence-electron chi connectivity index (χ3n) is 9.28. The lowest BCUT2D eigenvalue weighted by atomic mass is 9.44. The molecule has 8 atom stereocenters. The Morgan fingerprint density at radius 1 is 1.25 bits per heavy atom. The Balaban J connectivity index is 0.000000840. The molecule has 0 bridgehead atoms. The highest BCUT2D eigenvalue weighted by atomic mass is 35.5. The van der Waals surface area contributed by atoms with E-state index in [9.17, 15) is 19.5 Å². The van der Waals surface area contributed by atoms with E-state index in [1.54, 1.807) is 19.9 Å². The van der Waals surface area contributed by atoms with Crippen molar-refractivity contribution in [1.82, 2.24) is 0 Å². The first-order valence-corrected chi connectivity index (χ1v) is 13.0. The molecule has 0 amide bonds. The Morgan fingerprint density at radius 2 is 1.86 bits per heavy atom. The van der Waals surface area contributed by atoms with Crippen molar-refractivity contribution in [3.8, 4) is 0 Å². The van der Waals surface area contributed by atoms with Crippen molar-refractivity contribution >= 4 is 35.1 Å². The summed E-state index contributed by atoms with van der Waals surface area (Å²) in [4.78, 5) is 46.7. The summed E-state index contributed by atoms with van der Waals surface area (Å²) in [5.74, 6) is -3.40. The van der Waals surface area contributed by atoms with Crippen LogP contribution in [0.15, 0.2) is 23.8 Å². The fourth-order valence-electron chi connectivity index (χ4n) is 7.75. The molecule has 9 heteroatoms. The van der Waals surface area contributed by atoms with Crippen molar-refractivity contribution in [3.63, 3.8) is 0 Å². The molecule has 36 heavy (non-hydrogen) atoms. The van der Waals surface area contributed by atoms with Crippen molar-refractivity contribution in [2.75, 3.05) is 5.88 Å². The Labute approximate surface area is 216 Å². The Bertz CT molecular complexity index is 1020. The van der Waals surface area contributed by atoms with E-state index in [0.717, 1.165) is 6.92 Å². The van der Waals surface area contributed by atoms with Crippen LogP contribution in [0.2, 0.25) is 0 Å². The lowest BCUT2D eigenvalue weighted by Gasteiger charge is -2.62. The SMILES string of the molecule is CC(=O)O.CCC(=O)O[C@]1(C(=O)CCl)[C@@H](C)C[C@H]2[C@@H]3CCC4=CC(=O)C=C[C@]4(C)[C@@]3(F)[C@@H](O)C[C@@]21C. The molecule has 4 aliphatic carbocycles. The number of aliphatic carboxylic acids is 1. The van der Waals surface area contributed by atoms with E-state index in [1.165, 1.54) is 12.2 Å². The summed E-state index contributed by atoms with van der Waals surface area (Å²) in [6.45, 7) is 8.21. The average molecular weight is 527 g/mol. The number of carbonyl (C=O) groups is 4. The number of esters is 1. The molecule has 4 rings (SSSR count). The van der Waals surface area contributed by atoms with E-state index in [4.69, 9.17) is 26.2 Å². The minimum absolute atomic E-state index is 0.0285. The van der Waals surface area contributed by atoms with E-state index in [-0.39, 0.29) is 42.1 Å². The van der Waals surface area contributed by atoms with Crippen LogP contribution in [-0.2, 0) is 23.9 Å². The standard InChI is InChI=1S/C25H32ClFO5.C2H4O2/c1-5-21(31)32-25(20(30)13-26)14(2)10-18-17-7-6-15-11-16(28)8-9-22(15,3)24(17,27)19(29)12-23(18,25)4;1-2(3)4/h8-9,11,14,17-19,29H,5-7,10,12-13H2,1-4H3;1H3,(H,3,4)/t14-,17-,18-,19-,22-,23-,24-,25-;/m0./s1. The molecule has 200 valence electrons. The molecule has 4 aliphatic rings. The normalized spacial score (nSPS) is 42.7. The minimum Gasteiger partial charge on any atom is -0.481 e. The Hall–Kier alpha value is -2.06. The second-order valence-corrected chi connectivity index (χ2v) is 11.3. The highest BCUT2D eigenvalue weighted by Crippen LogP contribution is 2.71. The topological polar surface area (TPSA) is 118 Å². The molecule has 0 unspecified atom stereocenters. The predicted octanol–water partition coefficient (Wildman–Crippen LogP) is 4.19. The number of carboxylic acids is 1. The van der Waals surface area contributed by atoms with Gasteiger partial charge in [-0.05, 0) is 50.7 Å². The number of allylic oxidation sites excluding steroid dienone is 4. The third kappa shape index (κ3) is 3.87. The maximum absolute atomic E-state index is 17.2. The molecule has 3 saturated carbocycles.